The van der Waals surface area contributed by atoms with Crippen molar-refractivity contribution in [3.05, 3.63) is 29.3 Å². The van der Waals surface area contributed by atoms with Crippen LogP contribution in [0.15, 0.2) is 18.2 Å². The molecule has 0 aliphatic heterocycles. The summed E-state index contributed by atoms with van der Waals surface area (Å²) < 4.78 is 11.1. The molecule has 3 heteroatoms. The van der Waals surface area contributed by atoms with Gasteiger partial charge in [0.05, 0.1) is 13.7 Å². The molecule has 0 amide bonds. The number of hydrogen-bond donors (Lipinski definition) is 1. The first kappa shape index (κ1) is 12.4. The van der Waals surface area contributed by atoms with Gasteiger partial charge < -0.3 is 14.8 Å². The van der Waals surface area contributed by atoms with Crippen molar-refractivity contribution in [2.75, 3.05) is 20.8 Å². The molecule has 0 bridgehead atoms. The first-order chi connectivity index (χ1) is 8.33. The molecule has 0 aromatic heterocycles. The Morgan fingerprint density at radius 2 is 2.18 bits per heavy atom. The van der Waals surface area contributed by atoms with Crippen LogP contribution in [0.1, 0.15) is 24.0 Å². The maximum Gasteiger partial charge on any atom is 0.124 e. The molecule has 1 aromatic carbocycles. The van der Waals surface area contributed by atoms with E-state index in [1.54, 1.807) is 7.11 Å². The van der Waals surface area contributed by atoms with Crippen molar-refractivity contribution < 1.29 is 9.47 Å². The van der Waals surface area contributed by atoms with Crippen molar-refractivity contribution in [1.29, 1.82) is 0 Å². The predicted octanol–water partition coefficient (Wildman–Crippen LogP) is 2.34. The van der Waals surface area contributed by atoms with Gasteiger partial charge in [-0.15, -0.1) is 0 Å². The molecule has 94 valence electrons. The zero-order chi connectivity index (χ0) is 12.1. The molecule has 1 aliphatic carbocycles. The first-order valence-corrected chi connectivity index (χ1v) is 6.21. The van der Waals surface area contributed by atoms with Gasteiger partial charge in [-0.2, -0.15) is 0 Å². The maximum absolute atomic E-state index is 5.72. The zero-order valence-corrected chi connectivity index (χ0v) is 10.7. The lowest BCUT2D eigenvalue weighted by Gasteiger charge is -2.11. The van der Waals surface area contributed by atoms with Gasteiger partial charge in [-0.05, 0) is 43.5 Å². The van der Waals surface area contributed by atoms with Crippen LogP contribution in [0.3, 0.4) is 0 Å². The highest BCUT2D eigenvalue weighted by Crippen LogP contribution is 2.29. The molecule has 0 heterocycles. The molecule has 0 unspecified atom stereocenters. The zero-order valence-electron chi connectivity index (χ0n) is 10.7. The molecular formula is C14H21NO2. The van der Waals surface area contributed by atoms with E-state index < -0.39 is 0 Å². The number of ether oxygens (including phenoxy) is 2. The second-order valence-corrected chi connectivity index (χ2v) is 4.64. The maximum atomic E-state index is 5.72. The quantitative estimate of drug-likeness (QED) is 0.787. The fraction of sp³-hybridized carbons (Fsp3) is 0.571. The monoisotopic (exact) mass is 235 g/mol. The Morgan fingerprint density at radius 3 is 2.82 bits per heavy atom. The number of methoxy groups -OCH3 is 1. The van der Waals surface area contributed by atoms with Crippen molar-refractivity contribution in [3.8, 4) is 5.75 Å². The molecule has 1 fully saturated rings. The molecule has 0 spiro atoms. The van der Waals surface area contributed by atoms with Crippen LogP contribution < -0.4 is 10.1 Å². The fourth-order valence-corrected chi connectivity index (χ4v) is 1.88. The van der Waals surface area contributed by atoms with Crippen molar-refractivity contribution in [1.82, 2.24) is 5.32 Å². The van der Waals surface area contributed by atoms with Gasteiger partial charge in [0.1, 0.15) is 5.75 Å². The predicted molar refractivity (Wildman–Crippen MR) is 68.1 cm³/mol. The number of benzene rings is 1. The van der Waals surface area contributed by atoms with Crippen LogP contribution in [0.5, 0.6) is 5.75 Å². The Labute approximate surface area is 103 Å². The van der Waals surface area contributed by atoms with Crippen molar-refractivity contribution in [2.45, 2.75) is 26.0 Å². The Balaban J connectivity index is 1.96. The van der Waals surface area contributed by atoms with Gasteiger partial charge in [0.15, 0.2) is 0 Å². The summed E-state index contributed by atoms with van der Waals surface area (Å²) in [5.74, 6) is 1.72. The summed E-state index contributed by atoms with van der Waals surface area (Å²) in [7, 11) is 3.66. The van der Waals surface area contributed by atoms with Gasteiger partial charge in [0, 0.05) is 18.7 Å². The lowest BCUT2D eigenvalue weighted by atomic mass is 10.1. The first-order valence-electron chi connectivity index (χ1n) is 6.21. The molecule has 0 radical (unpaired) electrons. The van der Waals surface area contributed by atoms with Gasteiger partial charge >= 0.3 is 0 Å². The van der Waals surface area contributed by atoms with Crippen LogP contribution in [-0.2, 0) is 17.9 Å². The van der Waals surface area contributed by atoms with Gasteiger partial charge in [-0.1, -0.05) is 6.07 Å². The van der Waals surface area contributed by atoms with Gasteiger partial charge in [0.25, 0.3) is 0 Å². The average molecular weight is 235 g/mol. The van der Waals surface area contributed by atoms with Crippen LogP contribution in [0.2, 0.25) is 0 Å². The van der Waals surface area contributed by atoms with Crippen LogP contribution >= 0.6 is 0 Å². The summed E-state index contributed by atoms with van der Waals surface area (Å²) in [6, 6.07) is 6.25. The van der Waals surface area contributed by atoms with Gasteiger partial charge in [0.2, 0.25) is 0 Å². The Morgan fingerprint density at radius 1 is 1.35 bits per heavy atom. The van der Waals surface area contributed by atoms with Crippen LogP contribution in [0.25, 0.3) is 0 Å². The molecule has 1 N–H and O–H groups in total. The standard InChI is InChI=1S/C14H21NO2/c1-15-8-12-5-6-14(16-2)13(7-12)10-17-9-11-3-4-11/h5-7,11,15H,3-4,8-10H2,1-2H3. The molecular weight excluding hydrogens is 214 g/mol. The molecule has 0 atom stereocenters. The third-order valence-corrected chi connectivity index (χ3v) is 3.03. The van der Waals surface area contributed by atoms with E-state index in [0.29, 0.717) is 6.61 Å². The Bertz CT molecular complexity index is 361. The van der Waals surface area contributed by atoms with Crippen LogP contribution in [0.4, 0.5) is 0 Å². The van der Waals surface area contributed by atoms with E-state index in [1.165, 1.54) is 18.4 Å². The van der Waals surface area contributed by atoms with E-state index in [-0.39, 0.29) is 0 Å². The molecule has 3 nitrogen and oxygen atoms in total. The fourth-order valence-electron chi connectivity index (χ4n) is 1.88. The summed E-state index contributed by atoms with van der Waals surface area (Å²) in [5.41, 5.74) is 2.40. The molecule has 1 aromatic rings. The molecule has 2 rings (SSSR count). The second kappa shape index (κ2) is 6.03. The van der Waals surface area contributed by atoms with E-state index in [9.17, 15) is 0 Å². The summed E-state index contributed by atoms with van der Waals surface area (Å²) >= 11 is 0. The van der Waals surface area contributed by atoms with Crippen LogP contribution in [0, 0.1) is 5.92 Å². The highest BCUT2D eigenvalue weighted by molar-refractivity contribution is 5.36. The number of hydrogen-bond acceptors (Lipinski definition) is 3. The minimum Gasteiger partial charge on any atom is -0.496 e. The third-order valence-electron chi connectivity index (χ3n) is 3.03. The molecule has 1 saturated carbocycles. The summed E-state index contributed by atoms with van der Waals surface area (Å²) in [4.78, 5) is 0. The average Bonchev–Trinajstić information content (AvgIpc) is 3.14. The molecule has 0 saturated heterocycles. The van der Waals surface area contributed by atoms with Gasteiger partial charge in [-0.3, -0.25) is 0 Å². The van der Waals surface area contributed by atoms with Crippen molar-refractivity contribution >= 4 is 0 Å². The number of nitrogens with one attached hydrogen (secondary N) is 1. The van der Waals surface area contributed by atoms with E-state index in [2.05, 4.69) is 17.4 Å². The summed E-state index contributed by atoms with van der Waals surface area (Å²) in [6.45, 7) is 2.41. The van der Waals surface area contributed by atoms with E-state index in [0.717, 1.165) is 30.4 Å². The van der Waals surface area contributed by atoms with Crippen molar-refractivity contribution in [2.24, 2.45) is 5.92 Å². The second-order valence-electron chi connectivity index (χ2n) is 4.64. The van der Waals surface area contributed by atoms with Crippen molar-refractivity contribution in [3.63, 3.8) is 0 Å². The topological polar surface area (TPSA) is 30.5 Å². The number of rotatable bonds is 7. The lowest BCUT2D eigenvalue weighted by Crippen LogP contribution is -2.06. The normalized spacial score (nSPS) is 14.9. The van der Waals surface area contributed by atoms with Crippen LogP contribution in [-0.4, -0.2) is 20.8 Å². The summed E-state index contributed by atoms with van der Waals surface area (Å²) in [6.07, 6.45) is 2.66. The molecule has 17 heavy (non-hydrogen) atoms. The molecule has 1 aliphatic rings. The third kappa shape index (κ3) is 3.72. The minimum atomic E-state index is 0.650. The highest BCUT2D eigenvalue weighted by Gasteiger charge is 2.21. The van der Waals surface area contributed by atoms with E-state index >= 15 is 0 Å². The van der Waals surface area contributed by atoms with E-state index in [1.807, 2.05) is 13.1 Å². The minimum absolute atomic E-state index is 0.650. The van der Waals surface area contributed by atoms with Gasteiger partial charge in [-0.25, -0.2) is 0 Å². The Kier molecular flexibility index (Phi) is 4.40. The lowest BCUT2D eigenvalue weighted by molar-refractivity contribution is 0.109. The Hall–Kier alpha value is -1.06. The SMILES string of the molecule is CNCc1ccc(OC)c(COCC2CC2)c1. The highest BCUT2D eigenvalue weighted by atomic mass is 16.5. The largest absolute Gasteiger partial charge is 0.496 e. The van der Waals surface area contributed by atoms with E-state index in [4.69, 9.17) is 9.47 Å². The smallest absolute Gasteiger partial charge is 0.124 e. The summed E-state index contributed by atoms with van der Waals surface area (Å²) in [5, 5.41) is 3.15.